The van der Waals surface area contributed by atoms with E-state index in [9.17, 15) is 0 Å². The van der Waals surface area contributed by atoms with Gasteiger partial charge in [-0.15, -0.1) is 0 Å². The fraction of sp³-hybridized carbons (Fsp3) is 0.571. The van der Waals surface area contributed by atoms with Crippen molar-refractivity contribution in [3.05, 3.63) is 29.3 Å². The standard InChI is InChI=1S/C14H21NO2/c1-4-14(9-16-3)8-12(15)11-7-10(2)5-6-13(11)17-14/h5-7,12H,4,8-9,15H2,1-3H3/t12-,14?/m1/s1. The number of fused-ring (bicyclic) bond motifs is 1. The third kappa shape index (κ3) is 2.31. The Morgan fingerprint density at radius 2 is 2.29 bits per heavy atom. The Kier molecular flexibility index (Phi) is 3.40. The number of ether oxygens (including phenoxy) is 2. The summed E-state index contributed by atoms with van der Waals surface area (Å²) in [6.07, 6.45) is 1.72. The summed E-state index contributed by atoms with van der Waals surface area (Å²) in [6, 6.07) is 6.23. The molecule has 3 heteroatoms. The minimum absolute atomic E-state index is 0.0359. The molecule has 0 amide bonds. The Hall–Kier alpha value is -1.06. The Bertz CT molecular complexity index is 405. The van der Waals surface area contributed by atoms with Crippen LogP contribution >= 0.6 is 0 Å². The third-order valence-corrected chi connectivity index (χ3v) is 3.53. The van der Waals surface area contributed by atoms with E-state index >= 15 is 0 Å². The molecule has 17 heavy (non-hydrogen) atoms. The number of methoxy groups -OCH3 is 1. The van der Waals surface area contributed by atoms with Gasteiger partial charge in [-0.25, -0.2) is 0 Å². The summed E-state index contributed by atoms with van der Waals surface area (Å²) in [5.41, 5.74) is 8.33. The van der Waals surface area contributed by atoms with Crippen molar-refractivity contribution in [1.82, 2.24) is 0 Å². The molecule has 1 aromatic rings. The first-order chi connectivity index (χ1) is 8.10. The van der Waals surface area contributed by atoms with Crippen molar-refractivity contribution in [2.24, 2.45) is 5.73 Å². The summed E-state index contributed by atoms with van der Waals surface area (Å²) < 4.78 is 11.4. The number of hydrogen-bond donors (Lipinski definition) is 1. The van der Waals surface area contributed by atoms with Crippen LogP contribution in [-0.2, 0) is 4.74 Å². The molecule has 94 valence electrons. The van der Waals surface area contributed by atoms with E-state index in [1.165, 1.54) is 5.56 Å². The molecule has 0 spiro atoms. The minimum Gasteiger partial charge on any atom is -0.484 e. The zero-order valence-corrected chi connectivity index (χ0v) is 10.8. The Morgan fingerprint density at radius 1 is 1.53 bits per heavy atom. The summed E-state index contributed by atoms with van der Waals surface area (Å²) in [4.78, 5) is 0. The summed E-state index contributed by atoms with van der Waals surface area (Å²) in [6.45, 7) is 4.78. The minimum atomic E-state index is -0.267. The SMILES string of the molecule is CCC1(COC)C[C@@H](N)c2cc(C)ccc2O1. The summed E-state index contributed by atoms with van der Waals surface area (Å²) in [5, 5.41) is 0. The second-order valence-electron chi connectivity index (χ2n) is 4.92. The van der Waals surface area contributed by atoms with Gasteiger partial charge in [-0.05, 0) is 19.4 Å². The number of benzene rings is 1. The predicted octanol–water partition coefficient (Wildman–Crippen LogP) is 2.57. The monoisotopic (exact) mass is 235 g/mol. The van der Waals surface area contributed by atoms with Gasteiger partial charge in [0.05, 0.1) is 6.61 Å². The van der Waals surface area contributed by atoms with Crippen molar-refractivity contribution in [1.29, 1.82) is 0 Å². The average molecular weight is 235 g/mol. The molecule has 3 nitrogen and oxygen atoms in total. The Labute approximate surface area is 103 Å². The first-order valence-electron chi connectivity index (χ1n) is 6.14. The molecule has 1 aliphatic rings. The maximum Gasteiger partial charge on any atom is 0.134 e. The van der Waals surface area contributed by atoms with Crippen molar-refractivity contribution in [3.63, 3.8) is 0 Å². The molecule has 2 rings (SSSR count). The van der Waals surface area contributed by atoms with Crippen molar-refractivity contribution in [2.75, 3.05) is 13.7 Å². The zero-order chi connectivity index (χ0) is 12.5. The van der Waals surface area contributed by atoms with Crippen LogP contribution in [0.2, 0.25) is 0 Å². The molecule has 0 saturated carbocycles. The van der Waals surface area contributed by atoms with Crippen LogP contribution < -0.4 is 10.5 Å². The molecule has 1 aliphatic heterocycles. The van der Waals surface area contributed by atoms with E-state index in [4.69, 9.17) is 15.2 Å². The average Bonchev–Trinajstić information content (AvgIpc) is 2.31. The molecule has 1 aromatic carbocycles. The molecule has 2 atom stereocenters. The fourth-order valence-electron chi connectivity index (χ4n) is 2.51. The molecule has 0 saturated heterocycles. The summed E-state index contributed by atoms with van der Waals surface area (Å²) in [5.74, 6) is 0.910. The first kappa shape index (κ1) is 12.4. The second kappa shape index (κ2) is 4.67. The van der Waals surface area contributed by atoms with Crippen LogP contribution in [-0.4, -0.2) is 19.3 Å². The molecule has 1 unspecified atom stereocenters. The highest BCUT2D eigenvalue weighted by Crippen LogP contribution is 2.40. The van der Waals surface area contributed by atoms with E-state index in [2.05, 4.69) is 26.0 Å². The summed E-state index contributed by atoms with van der Waals surface area (Å²) >= 11 is 0. The van der Waals surface area contributed by atoms with Gasteiger partial charge in [0.15, 0.2) is 0 Å². The normalized spacial score (nSPS) is 27.4. The molecule has 1 heterocycles. The van der Waals surface area contributed by atoms with Crippen LogP contribution in [0.1, 0.15) is 36.9 Å². The van der Waals surface area contributed by atoms with Gasteiger partial charge in [-0.2, -0.15) is 0 Å². The van der Waals surface area contributed by atoms with Crippen molar-refractivity contribution in [2.45, 2.75) is 38.3 Å². The maximum atomic E-state index is 6.26. The largest absolute Gasteiger partial charge is 0.484 e. The number of rotatable bonds is 3. The molecular weight excluding hydrogens is 214 g/mol. The van der Waals surface area contributed by atoms with Gasteiger partial charge >= 0.3 is 0 Å². The topological polar surface area (TPSA) is 44.5 Å². The lowest BCUT2D eigenvalue weighted by Gasteiger charge is -2.40. The van der Waals surface area contributed by atoms with Gasteiger partial charge in [0, 0.05) is 25.1 Å². The van der Waals surface area contributed by atoms with E-state index in [1.807, 2.05) is 6.07 Å². The first-order valence-corrected chi connectivity index (χ1v) is 6.14. The predicted molar refractivity (Wildman–Crippen MR) is 68.3 cm³/mol. The molecular formula is C14H21NO2. The molecule has 0 bridgehead atoms. The van der Waals surface area contributed by atoms with Gasteiger partial charge in [-0.3, -0.25) is 0 Å². The van der Waals surface area contributed by atoms with Crippen molar-refractivity contribution in [3.8, 4) is 5.75 Å². The number of nitrogens with two attached hydrogens (primary N) is 1. The quantitative estimate of drug-likeness (QED) is 0.875. The van der Waals surface area contributed by atoms with Gasteiger partial charge in [-0.1, -0.05) is 24.6 Å². The van der Waals surface area contributed by atoms with E-state index < -0.39 is 0 Å². The number of aryl methyl sites for hydroxylation is 1. The lowest BCUT2D eigenvalue weighted by atomic mass is 9.86. The fourth-order valence-corrected chi connectivity index (χ4v) is 2.51. The van der Waals surface area contributed by atoms with E-state index in [1.54, 1.807) is 7.11 Å². The highest BCUT2D eigenvalue weighted by Gasteiger charge is 2.38. The highest BCUT2D eigenvalue weighted by atomic mass is 16.5. The van der Waals surface area contributed by atoms with Gasteiger partial charge < -0.3 is 15.2 Å². The van der Waals surface area contributed by atoms with Gasteiger partial charge in [0.2, 0.25) is 0 Å². The second-order valence-corrected chi connectivity index (χ2v) is 4.92. The lowest BCUT2D eigenvalue weighted by molar-refractivity contribution is -0.0337. The molecule has 0 aromatic heterocycles. The van der Waals surface area contributed by atoms with E-state index in [-0.39, 0.29) is 11.6 Å². The Balaban J connectivity index is 2.35. The highest BCUT2D eigenvalue weighted by molar-refractivity contribution is 5.41. The van der Waals surface area contributed by atoms with Crippen LogP contribution in [0.15, 0.2) is 18.2 Å². The van der Waals surface area contributed by atoms with Crippen LogP contribution in [0.4, 0.5) is 0 Å². The van der Waals surface area contributed by atoms with Crippen molar-refractivity contribution < 1.29 is 9.47 Å². The van der Waals surface area contributed by atoms with Crippen LogP contribution in [0, 0.1) is 6.92 Å². The maximum absolute atomic E-state index is 6.26. The smallest absolute Gasteiger partial charge is 0.134 e. The van der Waals surface area contributed by atoms with E-state index in [0.717, 1.165) is 24.2 Å². The molecule has 2 N–H and O–H groups in total. The molecule has 0 fully saturated rings. The van der Waals surface area contributed by atoms with Crippen molar-refractivity contribution >= 4 is 0 Å². The van der Waals surface area contributed by atoms with E-state index in [0.29, 0.717) is 6.61 Å². The zero-order valence-electron chi connectivity index (χ0n) is 10.8. The lowest BCUT2D eigenvalue weighted by Crippen LogP contribution is -2.46. The van der Waals surface area contributed by atoms with Crippen LogP contribution in [0.25, 0.3) is 0 Å². The van der Waals surface area contributed by atoms with Crippen LogP contribution in [0.5, 0.6) is 5.75 Å². The number of hydrogen-bond acceptors (Lipinski definition) is 3. The third-order valence-electron chi connectivity index (χ3n) is 3.53. The van der Waals surface area contributed by atoms with Gasteiger partial charge in [0.1, 0.15) is 11.4 Å². The van der Waals surface area contributed by atoms with Gasteiger partial charge in [0.25, 0.3) is 0 Å². The molecule has 0 radical (unpaired) electrons. The van der Waals surface area contributed by atoms with Crippen LogP contribution in [0.3, 0.4) is 0 Å². The summed E-state index contributed by atoms with van der Waals surface area (Å²) in [7, 11) is 1.71. The Morgan fingerprint density at radius 3 is 2.94 bits per heavy atom. The molecule has 0 aliphatic carbocycles.